The van der Waals surface area contributed by atoms with Crippen LogP contribution in [0, 0.1) is 17.1 Å². The van der Waals surface area contributed by atoms with Gasteiger partial charge >= 0.3 is 0 Å². The van der Waals surface area contributed by atoms with E-state index in [0.29, 0.717) is 10.5 Å². The Morgan fingerprint density at radius 1 is 1.71 bits per heavy atom. The van der Waals surface area contributed by atoms with Gasteiger partial charge in [-0.2, -0.15) is 0 Å². The molecule has 1 N–H and O–H groups in total. The maximum atomic E-state index is 10.9. The van der Waals surface area contributed by atoms with Gasteiger partial charge < -0.3 is 4.57 Å². The third-order valence-corrected chi connectivity index (χ3v) is 2.74. The predicted molar refractivity (Wildman–Crippen MR) is 62.0 cm³/mol. The number of aromatic amines is 1. The van der Waals surface area contributed by atoms with Crippen LogP contribution < -0.4 is 5.56 Å². The fraction of sp³-hybridized carbons (Fsp3) is 0.333. The van der Waals surface area contributed by atoms with Crippen LogP contribution in [0.1, 0.15) is 0 Å². The number of H-pyrrole nitrogens is 1. The zero-order valence-corrected chi connectivity index (χ0v) is 9.16. The third kappa shape index (κ3) is 3.40. The van der Waals surface area contributed by atoms with Crippen LogP contribution in [-0.2, 0) is 6.54 Å². The van der Waals surface area contributed by atoms with E-state index in [0.717, 1.165) is 12.3 Å². The molecular formula is C9H10N2OS2. The topological polar surface area (TPSA) is 37.8 Å². The van der Waals surface area contributed by atoms with Crippen LogP contribution in [0.15, 0.2) is 17.1 Å². The SMILES string of the molecule is C#CCSCCn1ccc(=O)[nH]c1=S. The molecule has 1 aromatic rings. The minimum atomic E-state index is -0.164. The van der Waals surface area contributed by atoms with E-state index in [1.165, 1.54) is 6.07 Å². The lowest BCUT2D eigenvalue weighted by molar-refractivity contribution is 0.723. The number of hydrogen-bond donors (Lipinski definition) is 1. The summed E-state index contributed by atoms with van der Waals surface area (Å²) in [6.07, 6.45) is 6.80. The fourth-order valence-corrected chi connectivity index (χ4v) is 1.76. The summed E-state index contributed by atoms with van der Waals surface area (Å²) in [6, 6.07) is 1.46. The highest BCUT2D eigenvalue weighted by atomic mass is 32.2. The summed E-state index contributed by atoms with van der Waals surface area (Å²) in [6.45, 7) is 0.766. The van der Waals surface area contributed by atoms with Crippen LogP contribution in [0.2, 0.25) is 0 Å². The molecular weight excluding hydrogens is 216 g/mol. The van der Waals surface area contributed by atoms with Gasteiger partial charge in [0.05, 0.1) is 5.75 Å². The van der Waals surface area contributed by atoms with Gasteiger partial charge in [-0.25, -0.2) is 0 Å². The van der Waals surface area contributed by atoms with Gasteiger partial charge in [-0.15, -0.1) is 18.2 Å². The minimum Gasteiger partial charge on any atom is -0.324 e. The van der Waals surface area contributed by atoms with Crippen LogP contribution in [-0.4, -0.2) is 21.1 Å². The average Bonchev–Trinajstić information content (AvgIpc) is 2.15. The summed E-state index contributed by atoms with van der Waals surface area (Å²) in [5, 5.41) is 0. The van der Waals surface area contributed by atoms with Gasteiger partial charge in [-0.3, -0.25) is 9.78 Å². The predicted octanol–water partition coefficient (Wildman–Crippen LogP) is 1.27. The van der Waals surface area contributed by atoms with E-state index in [-0.39, 0.29) is 5.56 Å². The van der Waals surface area contributed by atoms with Crippen molar-refractivity contribution in [2.24, 2.45) is 0 Å². The Balaban J connectivity index is 2.56. The van der Waals surface area contributed by atoms with Crippen molar-refractivity contribution in [3.8, 4) is 12.3 Å². The molecule has 0 unspecified atom stereocenters. The molecule has 3 nitrogen and oxygen atoms in total. The molecule has 0 aliphatic heterocycles. The molecule has 1 heterocycles. The zero-order chi connectivity index (χ0) is 10.4. The molecule has 0 bridgehead atoms. The summed E-state index contributed by atoms with van der Waals surface area (Å²) < 4.78 is 2.28. The van der Waals surface area contributed by atoms with Crippen molar-refractivity contribution in [2.45, 2.75) is 6.54 Å². The van der Waals surface area contributed by atoms with E-state index in [9.17, 15) is 4.79 Å². The molecule has 0 atom stereocenters. The monoisotopic (exact) mass is 226 g/mol. The Kier molecular flexibility index (Phi) is 4.50. The number of nitrogens with one attached hydrogen (secondary N) is 1. The molecule has 0 aliphatic rings. The highest BCUT2D eigenvalue weighted by Crippen LogP contribution is 1.99. The number of aryl methyl sites for hydroxylation is 1. The van der Waals surface area contributed by atoms with Crippen LogP contribution in [0.4, 0.5) is 0 Å². The summed E-state index contributed by atoms with van der Waals surface area (Å²) in [5.41, 5.74) is -0.164. The van der Waals surface area contributed by atoms with Crippen molar-refractivity contribution in [1.82, 2.24) is 9.55 Å². The maximum absolute atomic E-state index is 10.9. The van der Waals surface area contributed by atoms with Gasteiger partial charge in [0.15, 0.2) is 4.77 Å². The van der Waals surface area contributed by atoms with Crippen molar-refractivity contribution < 1.29 is 0 Å². The molecule has 0 saturated heterocycles. The van der Waals surface area contributed by atoms with Crippen LogP contribution in [0.25, 0.3) is 0 Å². The Hall–Kier alpha value is -0.990. The number of rotatable bonds is 4. The molecule has 0 aliphatic carbocycles. The molecule has 0 amide bonds. The van der Waals surface area contributed by atoms with E-state index in [1.54, 1.807) is 18.0 Å². The van der Waals surface area contributed by atoms with Gasteiger partial charge in [0.2, 0.25) is 0 Å². The van der Waals surface area contributed by atoms with E-state index in [1.807, 2.05) is 4.57 Å². The smallest absolute Gasteiger partial charge is 0.251 e. The molecule has 0 spiro atoms. The van der Waals surface area contributed by atoms with Crippen LogP contribution in [0.5, 0.6) is 0 Å². The first-order valence-corrected chi connectivity index (χ1v) is 5.61. The number of nitrogens with zero attached hydrogens (tertiary/aromatic N) is 1. The van der Waals surface area contributed by atoms with Gasteiger partial charge in [0.25, 0.3) is 5.56 Å². The Morgan fingerprint density at radius 3 is 3.14 bits per heavy atom. The fourth-order valence-electron chi connectivity index (χ4n) is 0.914. The van der Waals surface area contributed by atoms with Gasteiger partial charge in [-0.1, -0.05) is 5.92 Å². The van der Waals surface area contributed by atoms with E-state index in [4.69, 9.17) is 18.6 Å². The maximum Gasteiger partial charge on any atom is 0.251 e. The third-order valence-electron chi connectivity index (χ3n) is 1.56. The second-order valence-electron chi connectivity index (χ2n) is 2.56. The Bertz CT molecular complexity index is 441. The summed E-state index contributed by atoms with van der Waals surface area (Å²) in [4.78, 5) is 13.4. The second kappa shape index (κ2) is 5.68. The summed E-state index contributed by atoms with van der Waals surface area (Å²) in [5.74, 6) is 4.15. The zero-order valence-electron chi connectivity index (χ0n) is 7.53. The van der Waals surface area contributed by atoms with Crippen molar-refractivity contribution in [3.05, 3.63) is 27.4 Å². The molecule has 74 valence electrons. The highest BCUT2D eigenvalue weighted by molar-refractivity contribution is 7.99. The minimum absolute atomic E-state index is 0.164. The molecule has 0 aromatic carbocycles. The highest BCUT2D eigenvalue weighted by Gasteiger charge is 1.92. The van der Waals surface area contributed by atoms with Gasteiger partial charge in [0, 0.05) is 24.6 Å². The molecule has 14 heavy (non-hydrogen) atoms. The molecule has 0 fully saturated rings. The first-order valence-electron chi connectivity index (χ1n) is 4.05. The van der Waals surface area contributed by atoms with Crippen molar-refractivity contribution in [3.63, 3.8) is 0 Å². The lowest BCUT2D eigenvalue weighted by Gasteiger charge is -2.03. The van der Waals surface area contributed by atoms with E-state index in [2.05, 4.69) is 10.9 Å². The van der Waals surface area contributed by atoms with Gasteiger partial charge in [-0.05, 0) is 12.2 Å². The van der Waals surface area contributed by atoms with Crippen LogP contribution in [0.3, 0.4) is 0 Å². The molecule has 1 aromatic heterocycles. The first-order chi connectivity index (χ1) is 6.74. The molecule has 0 saturated carbocycles. The Morgan fingerprint density at radius 2 is 2.50 bits per heavy atom. The normalized spacial score (nSPS) is 9.64. The molecule has 5 heteroatoms. The number of thioether (sulfide) groups is 1. The lowest BCUT2D eigenvalue weighted by Crippen LogP contribution is -2.12. The number of hydrogen-bond acceptors (Lipinski definition) is 3. The van der Waals surface area contributed by atoms with E-state index < -0.39 is 0 Å². The summed E-state index contributed by atoms with van der Waals surface area (Å²) in [7, 11) is 0. The van der Waals surface area contributed by atoms with Gasteiger partial charge in [0.1, 0.15) is 0 Å². The van der Waals surface area contributed by atoms with Crippen molar-refractivity contribution in [2.75, 3.05) is 11.5 Å². The summed E-state index contributed by atoms with van der Waals surface area (Å²) >= 11 is 6.64. The second-order valence-corrected chi connectivity index (χ2v) is 4.05. The largest absolute Gasteiger partial charge is 0.324 e. The van der Waals surface area contributed by atoms with Crippen molar-refractivity contribution in [1.29, 1.82) is 0 Å². The first kappa shape index (κ1) is 11.1. The standard InChI is InChI=1S/C9H10N2OS2/c1-2-6-14-7-5-11-4-3-8(12)10-9(11)13/h1,3-4H,5-7H2,(H,10,12,13). The molecule has 1 rings (SSSR count). The van der Waals surface area contributed by atoms with E-state index >= 15 is 0 Å². The average molecular weight is 226 g/mol. The number of terminal acetylenes is 1. The van der Waals surface area contributed by atoms with Crippen LogP contribution >= 0.6 is 24.0 Å². The van der Waals surface area contributed by atoms with Crippen molar-refractivity contribution >= 4 is 24.0 Å². The number of aromatic nitrogens is 2. The Labute approximate surface area is 91.5 Å². The lowest BCUT2D eigenvalue weighted by atomic mass is 10.6. The molecule has 0 radical (unpaired) electrons. The quantitative estimate of drug-likeness (QED) is 0.477.